The third kappa shape index (κ3) is 3.57. The van der Waals surface area contributed by atoms with Gasteiger partial charge in [0, 0.05) is 22.3 Å². The van der Waals surface area contributed by atoms with E-state index in [1.54, 1.807) is 0 Å². The zero-order valence-corrected chi connectivity index (χ0v) is 21.5. The SMILES string of the molecule is C=Cc1ccc(-c2nc(-c3ccccc3)c3c(n2)-c2ccccc2C3(c2ccccc2)c2ccccc2)cc1. The Balaban J connectivity index is 1.65. The maximum absolute atomic E-state index is 5.33. The molecule has 0 fully saturated rings. The highest BCUT2D eigenvalue weighted by molar-refractivity contribution is 5.90. The topological polar surface area (TPSA) is 25.8 Å². The first-order chi connectivity index (χ1) is 19.3. The Labute approximate surface area is 229 Å². The van der Waals surface area contributed by atoms with E-state index in [1.807, 2.05) is 6.08 Å². The molecule has 0 unspecified atom stereocenters. The van der Waals surface area contributed by atoms with Gasteiger partial charge in [-0.05, 0) is 22.3 Å². The largest absolute Gasteiger partial charge is 0.228 e. The van der Waals surface area contributed by atoms with Gasteiger partial charge in [-0.2, -0.15) is 0 Å². The van der Waals surface area contributed by atoms with Crippen LogP contribution in [-0.4, -0.2) is 9.97 Å². The predicted molar refractivity (Wildman–Crippen MR) is 160 cm³/mol. The van der Waals surface area contributed by atoms with Crippen LogP contribution in [0.15, 0.2) is 146 Å². The van der Waals surface area contributed by atoms with E-state index in [-0.39, 0.29) is 0 Å². The molecule has 0 radical (unpaired) electrons. The zero-order valence-electron chi connectivity index (χ0n) is 21.5. The van der Waals surface area contributed by atoms with Gasteiger partial charge in [-0.3, -0.25) is 0 Å². The summed E-state index contributed by atoms with van der Waals surface area (Å²) in [4.78, 5) is 10.6. The van der Waals surface area contributed by atoms with Gasteiger partial charge in [-0.1, -0.05) is 152 Å². The number of benzene rings is 5. The molecule has 0 aliphatic heterocycles. The van der Waals surface area contributed by atoms with Gasteiger partial charge in [0.25, 0.3) is 0 Å². The molecular weight excluding hydrogens is 472 g/mol. The molecule has 1 aliphatic carbocycles. The molecule has 184 valence electrons. The number of fused-ring (bicyclic) bond motifs is 3. The Morgan fingerprint density at radius 2 is 1.05 bits per heavy atom. The van der Waals surface area contributed by atoms with Crippen LogP contribution in [0.4, 0.5) is 0 Å². The molecule has 0 N–H and O–H groups in total. The van der Waals surface area contributed by atoms with Gasteiger partial charge in [0.2, 0.25) is 0 Å². The van der Waals surface area contributed by atoms with E-state index in [4.69, 9.17) is 9.97 Å². The number of nitrogens with zero attached hydrogens (tertiary/aromatic N) is 2. The average molecular weight is 499 g/mol. The normalized spacial score (nSPS) is 12.9. The van der Waals surface area contributed by atoms with E-state index in [1.165, 1.54) is 16.7 Å². The molecule has 1 aromatic heterocycles. The van der Waals surface area contributed by atoms with Crippen LogP contribution in [-0.2, 0) is 5.41 Å². The minimum atomic E-state index is -0.565. The Bertz CT molecular complexity index is 1750. The highest BCUT2D eigenvalue weighted by atomic mass is 14.9. The standard InChI is InChI=1S/C37H26N2/c1-2-26-22-24-28(25-23-26)36-38-34(27-14-6-3-7-15-27)33-35(39-36)31-20-12-13-21-32(31)37(33,29-16-8-4-9-17-29)30-18-10-5-11-19-30/h2-25H,1H2. The van der Waals surface area contributed by atoms with Crippen LogP contribution in [0.1, 0.15) is 27.8 Å². The van der Waals surface area contributed by atoms with Crippen molar-refractivity contribution in [3.63, 3.8) is 0 Å². The highest BCUT2D eigenvalue weighted by Gasteiger charge is 2.49. The Morgan fingerprint density at radius 3 is 1.67 bits per heavy atom. The van der Waals surface area contributed by atoms with Crippen molar-refractivity contribution in [2.75, 3.05) is 0 Å². The summed E-state index contributed by atoms with van der Waals surface area (Å²) < 4.78 is 0. The van der Waals surface area contributed by atoms with Crippen LogP contribution in [0.3, 0.4) is 0 Å². The molecule has 0 amide bonds. The third-order valence-electron chi connectivity index (χ3n) is 7.74. The maximum atomic E-state index is 5.33. The molecule has 0 saturated carbocycles. The predicted octanol–water partition coefficient (Wildman–Crippen LogP) is 8.82. The van der Waals surface area contributed by atoms with Crippen molar-refractivity contribution in [2.45, 2.75) is 5.41 Å². The molecule has 1 aliphatic rings. The molecule has 2 nitrogen and oxygen atoms in total. The fraction of sp³-hybridized carbons (Fsp3) is 0.0270. The summed E-state index contributed by atoms with van der Waals surface area (Å²) in [6, 6.07) is 49.1. The average Bonchev–Trinajstić information content (AvgIpc) is 3.33. The lowest BCUT2D eigenvalue weighted by molar-refractivity contribution is 0.763. The van der Waals surface area contributed by atoms with Crippen molar-refractivity contribution in [2.24, 2.45) is 0 Å². The van der Waals surface area contributed by atoms with Gasteiger partial charge in [0.15, 0.2) is 5.82 Å². The first-order valence-electron chi connectivity index (χ1n) is 13.2. The summed E-state index contributed by atoms with van der Waals surface area (Å²) >= 11 is 0. The molecular formula is C37H26N2. The van der Waals surface area contributed by atoms with Crippen molar-refractivity contribution in [3.05, 3.63) is 174 Å². The molecule has 6 aromatic rings. The lowest BCUT2D eigenvalue weighted by Crippen LogP contribution is -2.29. The molecule has 0 spiro atoms. The van der Waals surface area contributed by atoms with E-state index >= 15 is 0 Å². The van der Waals surface area contributed by atoms with E-state index in [9.17, 15) is 0 Å². The summed E-state index contributed by atoms with van der Waals surface area (Å²) in [5, 5.41) is 0. The number of aromatic nitrogens is 2. The minimum Gasteiger partial charge on any atom is -0.228 e. The summed E-state index contributed by atoms with van der Waals surface area (Å²) in [6.45, 7) is 3.90. The first kappa shape index (κ1) is 23.1. The highest BCUT2D eigenvalue weighted by Crippen LogP contribution is 2.57. The van der Waals surface area contributed by atoms with E-state index in [0.29, 0.717) is 0 Å². The van der Waals surface area contributed by atoms with Crippen LogP contribution in [0.2, 0.25) is 0 Å². The summed E-state index contributed by atoms with van der Waals surface area (Å²) in [6.07, 6.45) is 1.85. The molecule has 2 heteroatoms. The minimum absolute atomic E-state index is 0.565. The van der Waals surface area contributed by atoms with Gasteiger partial charge < -0.3 is 0 Å². The lowest BCUT2D eigenvalue weighted by atomic mass is 9.67. The van der Waals surface area contributed by atoms with Gasteiger partial charge in [0.1, 0.15) is 0 Å². The molecule has 7 rings (SSSR count). The molecule has 0 atom stereocenters. The number of hydrogen-bond acceptors (Lipinski definition) is 2. The smallest absolute Gasteiger partial charge is 0.160 e. The second kappa shape index (κ2) is 9.34. The van der Waals surface area contributed by atoms with E-state index in [0.717, 1.165) is 45.0 Å². The fourth-order valence-corrected chi connectivity index (χ4v) is 6.01. The Hall–Kier alpha value is -5.08. The lowest BCUT2D eigenvalue weighted by Gasteiger charge is -2.34. The second-order valence-corrected chi connectivity index (χ2v) is 9.84. The number of rotatable bonds is 5. The maximum Gasteiger partial charge on any atom is 0.160 e. The van der Waals surface area contributed by atoms with Crippen molar-refractivity contribution < 1.29 is 0 Å². The monoisotopic (exact) mass is 498 g/mol. The Kier molecular flexibility index (Phi) is 5.53. The van der Waals surface area contributed by atoms with Crippen molar-refractivity contribution in [1.29, 1.82) is 0 Å². The molecule has 5 aromatic carbocycles. The van der Waals surface area contributed by atoms with Crippen LogP contribution in [0, 0.1) is 0 Å². The van der Waals surface area contributed by atoms with Gasteiger partial charge >= 0.3 is 0 Å². The van der Waals surface area contributed by atoms with Crippen LogP contribution < -0.4 is 0 Å². The first-order valence-corrected chi connectivity index (χ1v) is 13.2. The fourth-order valence-electron chi connectivity index (χ4n) is 6.01. The summed E-state index contributed by atoms with van der Waals surface area (Å²) in [5.74, 6) is 0.718. The van der Waals surface area contributed by atoms with Gasteiger partial charge in [-0.25, -0.2) is 9.97 Å². The molecule has 0 saturated heterocycles. The summed E-state index contributed by atoms with van der Waals surface area (Å²) in [7, 11) is 0. The second-order valence-electron chi connectivity index (χ2n) is 9.84. The third-order valence-corrected chi connectivity index (χ3v) is 7.74. The van der Waals surface area contributed by atoms with Gasteiger partial charge in [0.05, 0.1) is 16.8 Å². The van der Waals surface area contributed by atoms with Crippen molar-refractivity contribution in [1.82, 2.24) is 9.97 Å². The molecule has 39 heavy (non-hydrogen) atoms. The molecule has 0 bridgehead atoms. The Morgan fingerprint density at radius 1 is 0.513 bits per heavy atom. The van der Waals surface area contributed by atoms with E-state index < -0.39 is 5.41 Å². The van der Waals surface area contributed by atoms with Crippen LogP contribution in [0.5, 0.6) is 0 Å². The quantitative estimate of drug-likeness (QED) is 0.237. The van der Waals surface area contributed by atoms with Crippen LogP contribution in [0.25, 0.3) is 40.0 Å². The van der Waals surface area contributed by atoms with Crippen molar-refractivity contribution in [3.8, 4) is 33.9 Å². The zero-order chi connectivity index (χ0) is 26.2. The van der Waals surface area contributed by atoms with Gasteiger partial charge in [-0.15, -0.1) is 0 Å². The van der Waals surface area contributed by atoms with E-state index in [2.05, 4.69) is 146 Å². The van der Waals surface area contributed by atoms with Crippen molar-refractivity contribution >= 4 is 6.08 Å². The summed E-state index contributed by atoms with van der Waals surface area (Å²) in [5.41, 5.74) is 10.4. The van der Waals surface area contributed by atoms with Crippen LogP contribution >= 0.6 is 0 Å². The number of hydrogen-bond donors (Lipinski definition) is 0. The molecule has 1 heterocycles.